The minimum Gasteiger partial charge on any atom is -0.396 e. The van der Waals surface area contributed by atoms with Gasteiger partial charge in [-0.05, 0) is 43.2 Å². The molecular weight excluding hydrogens is 360 g/mol. The van der Waals surface area contributed by atoms with Crippen LogP contribution in [-0.4, -0.2) is 40.8 Å². The first-order chi connectivity index (χ1) is 13.7. The lowest BCUT2D eigenvalue weighted by Gasteiger charge is -2.26. The van der Waals surface area contributed by atoms with Gasteiger partial charge in [-0.15, -0.1) is 0 Å². The van der Waals surface area contributed by atoms with Crippen LogP contribution in [0.2, 0.25) is 0 Å². The maximum atomic E-state index is 9.37. The van der Waals surface area contributed by atoms with Gasteiger partial charge in [0, 0.05) is 43.6 Å². The monoisotopic (exact) mass is 398 g/mol. The summed E-state index contributed by atoms with van der Waals surface area (Å²) in [5, 5.41) is 9.37. The summed E-state index contributed by atoms with van der Waals surface area (Å²) in [6, 6.07) is 4.29. The third-order valence-electron chi connectivity index (χ3n) is 5.78. The van der Waals surface area contributed by atoms with Gasteiger partial charge in [-0.3, -0.25) is 9.97 Å². The first-order valence-corrected chi connectivity index (χ1v) is 10.9. The summed E-state index contributed by atoms with van der Waals surface area (Å²) >= 11 is 0. The molecule has 1 N–H and O–H groups in total. The van der Waals surface area contributed by atoms with E-state index in [1.165, 1.54) is 0 Å². The van der Waals surface area contributed by atoms with Gasteiger partial charge in [-0.2, -0.15) is 0 Å². The van der Waals surface area contributed by atoms with Crippen molar-refractivity contribution >= 4 is 5.82 Å². The molecule has 0 amide bonds. The molecule has 160 valence electrons. The molecule has 1 unspecified atom stereocenters. The molecule has 0 spiro atoms. The summed E-state index contributed by atoms with van der Waals surface area (Å²) in [5.74, 6) is 1.87. The van der Waals surface area contributed by atoms with Crippen molar-refractivity contribution in [3.63, 3.8) is 0 Å². The number of aromatic nitrogens is 3. The molecule has 0 saturated heterocycles. The molecule has 5 nitrogen and oxygen atoms in total. The number of aliphatic hydroxyl groups excluding tert-OH is 1. The Morgan fingerprint density at radius 1 is 0.931 bits per heavy atom. The molecule has 0 radical (unpaired) electrons. The number of aryl methyl sites for hydroxylation is 2. The molecule has 0 bridgehead atoms. The molecule has 0 saturated carbocycles. The van der Waals surface area contributed by atoms with Crippen molar-refractivity contribution in [2.75, 3.05) is 25.6 Å². The molecule has 5 heteroatoms. The Morgan fingerprint density at radius 3 is 2.10 bits per heavy atom. The Bertz CT molecular complexity index is 817. The van der Waals surface area contributed by atoms with Crippen LogP contribution in [0.3, 0.4) is 0 Å². The smallest absolute Gasteiger partial charge is 0.150 e. The number of pyridine rings is 1. The maximum absolute atomic E-state index is 9.37. The predicted molar refractivity (Wildman–Crippen MR) is 122 cm³/mol. The number of nitrogens with zero attached hydrogens (tertiary/aromatic N) is 4. The number of aliphatic hydroxyl groups is 1. The number of rotatable bonds is 9. The van der Waals surface area contributed by atoms with Crippen LogP contribution in [-0.2, 0) is 12.8 Å². The van der Waals surface area contributed by atoms with Crippen molar-refractivity contribution in [2.45, 2.75) is 72.6 Å². The van der Waals surface area contributed by atoms with Crippen molar-refractivity contribution in [1.82, 2.24) is 15.0 Å². The summed E-state index contributed by atoms with van der Waals surface area (Å²) in [6.45, 7) is 13.2. The molecule has 29 heavy (non-hydrogen) atoms. The van der Waals surface area contributed by atoms with Crippen molar-refractivity contribution in [3.05, 3.63) is 34.9 Å². The lowest BCUT2D eigenvalue weighted by Crippen LogP contribution is -2.20. The van der Waals surface area contributed by atoms with E-state index in [1.54, 1.807) is 0 Å². The second kappa shape index (κ2) is 10.1. The summed E-state index contributed by atoms with van der Waals surface area (Å²) in [4.78, 5) is 17.2. The van der Waals surface area contributed by atoms with E-state index in [0.29, 0.717) is 11.8 Å². The molecule has 2 aromatic heterocycles. The van der Waals surface area contributed by atoms with Gasteiger partial charge < -0.3 is 10.0 Å². The maximum Gasteiger partial charge on any atom is 0.150 e. The summed E-state index contributed by atoms with van der Waals surface area (Å²) < 4.78 is 0. The van der Waals surface area contributed by atoms with Gasteiger partial charge in [0.25, 0.3) is 0 Å². The van der Waals surface area contributed by atoms with E-state index in [1.807, 2.05) is 14.1 Å². The second-order valence-electron chi connectivity index (χ2n) is 8.49. The Labute approximate surface area is 176 Å². The number of anilines is 1. The van der Waals surface area contributed by atoms with E-state index in [-0.39, 0.29) is 12.5 Å². The van der Waals surface area contributed by atoms with E-state index < -0.39 is 0 Å². The summed E-state index contributed by atoms with van der Waals surface area (Å²) in [5.41, 5.74) is 6.27. The standard InChI is InChI=1S/C24H38N4O/c1-9-19-18(11-12-21(25-19)15(3)4)23-20(10-2)26-22(24(27-23)28(7)8)17(6)16(5)13-14-29/h11-12,15-17,29H,9-10,13-14H2,1-8H3/t16-,17?/m1/s1. The topological polar surface area (TPSA) is 62.1 Å². The number of hydrogen-bond donors (Lipinski definition) is 1. The van der Waals surface area contributed by atoms with Crippen LogP contribution < -0.4 is 4.90 Å². The summed E-state index contributed by atoms with van der Waals surface area (Å²) in [6.07, 6.45) is 2.45. The van der Waals surface area contributed by atoms with E-state index in [2.05, 4.69) is 58.6 Å². The van der Waals surface area contributed by atoms with Gasteiger partial charge in [0.05, 0.1) is 17.1 Å². The van der Waals surface area contributed by atoms with Gasteiger partial charge in [0.1, 0.15) is 0 Å². The van der Waals surface area contributed by atoms with Gasteiger partial charge in [0.15, 0.2) is 5.82 Å². The van der Waals surface area contributed by atoms with Gasteiger partial charge in [0.2, 0.25) is 0 Å². The molecule has 0 aliphatic carbocycles. The van der Waals surface area contributed by atoms with Crippen LogP contribution in [0.5, 0.6) is 0 Å². The van der Waals surface area contributed by atoms with Gasteiger partial charge in [-0.25, -0.2) is 4.98 Å². The third-order valence-corrected chi connectivity index (χ3v) is 5.78. The molecule has 2 atom stereocenters. The summed E-state index contributed by atoms with van der Waals surface area (Å²) in [7, 11) is 4.04. The zero-order valence-corrected chi connectivity index (χ0v) is 19.5. The zero-order valence-electron chi connectivity index (χ0n) is 19.5. The second-order valence-corrected chi connectivity index (χ2v) is 8.49. The Balaban J connectivity index is 2.67. The van der Waals surface area contributed by atoms with E-state index in [0.717, 1.165) is 59.1 Å². The first kappa shape index (κ1) is 23.3. The third kappa shape index (κ3) is 5.13. The minimum absolute atomic E-state index is 0.197. The largest absolute Gasteiger partial charge is 0.396 e. The highest BCUT2D eigenvalue weighted by Crippen LogP contribution is 2.35. The molecule has 2 heterocycles. The molecule has 0 aromatic carbocycles. The Hall–Kier alpha value is -2.01. The van der Waals surface area contributed by atoms with Crippen molar-refractivity contribution in [2.24, 2.45) is 5.92 Å². The Morgan fingerprint density at radius 2 is 1.59 bits per heavy atom. The lowest BCUT2D eigenvalue weighted by molar-refractivity contribution is 0.251. The van der Waals surface area contributed by atoms with Crippen LogP contribution in [0.15, 0.2) is 12.1 Å². The molecular formula is C24H38N4O. The lowest BCUT2D eigenvalue weighted by atomic mass is 9.89. The van der Waals surface area contributed by atoms with Gasteiger partial charge in [-0.1, -0.05) is 41.5 Å². The van der Waals surface area contributed by atoms with Crippen molar-refractivity contribution in [3.8, 4) is 11.3 Å². The highest BCUT2D eigenvalue weighted by atomic mass is 16.3. The normalized spacial score (nSPS) is 13.6. The fourth-order valence-electron chi connectivity index (χ4n) is 3.62. The van der Waals surface area contributed by atoms with Crippen LogP contribution in [0.25, 0.3) is 11.3 Å². The van der Waals surface area contributed by atoms with E-state index in [4.69, 9.17) is 15.0 Å². The van der Waals surface area contributed by atoms with Crippen LogP contribution in [0, 0.1) is 5.92 Å². The fourth-order valence-corrected chi connectivity index (χ4v) is 3.62. The van der Waals surface area contributed by atoms with E-state index >= 15 is 0 Å². The van der Waals surface area contributed by atoms with Crippen molar-refractivity contribution in [1.29, 1.82) is 0 Å². The Kier molecular flexibility index (Phi) is 8.14. The SMILES string of the molecule is CCc1nc(C(C)C)ccc1-c1nc(N(C)C)c(C(C)[C@H](C)CCO)nc1CC. The molecule has 0 aliphatic heterocycles. The van der Waals surface area contributed by atoms with Crippen LogP contribution in [0.1, 0.15) is 82.6 Å². The molecule has 2 rings (SSSR count). The zero-order chi connectivity index (χ0) is 21.7. The predicted octanol–water partition coefficient (Wildman–Crippen LogP) is 4.97. The van der Waals surface area contributed by atoms with Gasteiger partial charge >= 0.3 is 0 Å². The molecule has 2 aromatic rings. The highest BCUT2D eigenvalue weighted by Gasteiger charge is 2.24. The van der Waals surface area contributed by atoms with Crippen LogP contribution in [0.4, 0.5) is 5.82 Å². The van der Waals surface area contributed by atoms with Crippen LogP contribution >= 0.6 is 0 Å². The minimum atomic E-state index is 0.197. The quantitative estimate of drug-likeness (QED) is 0.646. The average Bonchev–Trinajstić information content (AvgIpc) is 2.71. The van der Waals surface area contributed by atoms with E-state index in [9.17, 15) is 5.11 Å². The average molecular weight is 399 g/mol. The first-order valence-electron chi connectivity index (χ1n) is 10.9. The fraction of sp³-hybridized carbons (Fsp3) is 0.625. The highest BCUT2D eigenvalue weighted by molar-refractivity contribution is 5.67. The molecule has 0 aliphatic rings. The number of hydrogen-bond acceptors (Lipinski definition) is 5. The van der Waals surface area contributed by atoms with Crippen molar-refractivity contribution < 1.29 is 5.11 Å². The molecule has 0 fully saturated rings.